The zero-order valence-corrected chi connectivity index (χ0v) is 19.5. The number of aromatic nitrogens is 1. The number of amides is 2. The van der Waals surface area contributed by atoms with Gasteiger partial charge in [0.1, 0.15) is 12.4 Å². The van der Waals surface area contributed by atoms with Crippen molar-refractivity contribution in [2.24, 2.45) is 5.92 Å². The maximum atomic E-state index is 12.9. The molecule has 1 aromatic heterocycles. The summed E-state index contributed by atoms with van der Waals surface area (Å²) in [6.45, 7) is 5.21. The molecule has 0 N–H and O–H groups in total. The molecule has 1 saturated heterocycles. The maximum absolute atomic E-state index is 12.9. The van der Waals surface area contributed by atoms with E-state index in [0.29, 0.717) is 44.0 Å². The number of hydrogen-bond donors (Lipinski definition) is 0. The van der Waals surface area contributed by atoms with Gasteiger partial charge >= 0.3 is 5.97 Å². The average molecular weight is 460 g/mol. The van der Waals surface area contributed by atoms with Gasteiger partial charge in [0.05, 0.1) is 29.8 Å². The third kappa shape index (κ3) is 6.29. The molecule has 172 valence electrons. The molecule has 0 aliphatic carbocycles. The standard InChI is InChI=1S/C23H29N3O5S/c1-4-30-23(29)18-8-6-10-26(12-18)21(27)13-25(3)22(28)17-7-5-9-20(11-17)31-14-19-15-32-16(2)24-19/h5,7,9,11,15,18H,4,6,8,10,12-14H2,1-3H3. The first-order valence-electron chi connectivity index (χ1n) is 10.7. The van der Waals surface area contributed by atoms with Gasteiger partial charge in [-0.3, -0.25) is 14.4 Å². The van der Waals surface area contributed by atoms with Crippen molar-refractivity contribution in [1.82, 2.24) is 14.8 Å². The van der Waals surface area contributed by atoms with E-state index in [4.69, 9.17) is 9.47 Å². The van der Waals surface area contributed by atoms with Gasteiger partial charge in [-0.2, -0.15) is 0 Å². The molecule has 2 aromatic rings. The molecule has 8 nitrogen and oxygen atoms in total. The smallest absolute Gasteiger partial charge is 0.310 e. The van der Waals surface area contributed by atoms with E-state index in [-0.39, 0.29) is 30.2 Å². The van der Waals surface area contributed by atoms with Crippen LogP contribution in [0.5, 0.6) is 5.75 Å². The summed E-state index contributed by atoms with van der Waals surface area (Å²) in [5.41, 5.74) is 1.28. The number of hydrogen-bond acceptors (Lipinski definition) is 7. The number of rotatable bonds is 8. The second-order valence-corrected chi connectivity index (χ2v) is 8.83. The lowest BCUT2D eigenvalue weighted by molar-refractivity contribution is -0.151. The van der Waals surface area contributed by atoms with E-state index in [1.165, 1.54) is 4.90 Å². The topological polar surface area (TPSA) is 89.0 Å². The van der Waals surface area contributed by atoms with Crippen LogP contribution in [0.2, 0.25) is 0 Å². The Morgan fingerprint density at radius 1 is 1.31 bits per heavy atom. The van der Waals surface area contributed by atoms with Gasteiger partial charge in [0, 0.05) is 31.1 Å². The molecule has 2 heterocycles. The highest BCUT2D eigenvalue weighted by Gasteiger charge is 2.30. The minimum Gasteiger partial charge on any atom is -0.487 e. The number of likely N-dealkylation sites (N-methyl/N-ethyl adjacent to an activating group) is 1. The number of carbonyl (C=O) groups is 3. The maximum Gasteiger partial charge on any atom is 0.310 e. The second kappa shape index (κ2) is 11.1. The van der Waals surface area contributed by atoms with Crippen molar-refractivity contribution in [1.29, 1.82) is 0 Å². The average Bonchev–Trinajstić information content (AvgIpc) is 3.22. The summed E-state index contributed by atoms with van der Waals surface area (Å²) in [5.74, 6) is -0.453. The number of carbonyl (C=O) groups excluding carboxylic acids is 3. The van der Waals surface area contributed by atoms with Crippen molar-refractivity contribution in [3.8, 4) is 5.75 Å². The van der Waals surface area contributed by atoms with Crippen LogP contribution in [0.25, 0.3) is 0 Å². The summed E-state index contributed by atoms with van der Waals surface area (Å²) in [6.07, 6.45) is 1.45. The van der Waals surface area contributed by atoms with Crippen LogP contribution in [0.3, 0.4) is 0 Å². The number of benzene rings is 1. The molecule has 2 amide bonds. The van der Waals surface area contributed by atoms with Crippen LogP contribution in [0.15, 0.2) is 29.6 Å². The fourth-order valence-corrected chi connectivity index (χ4v) is 4.20. The van der Waals surface area contributed by atoms with E-state index in [9.17, 15) is 14.4 Å². The highest BCUT2D eigenvalue weighted by molar-refractivity contribution is 7.09. The van der Waals surface area contributed by atoms with Gasteiger partial charge in [-0.15, -0.1) is 11.3 Å². The van der Waals surface area contributed by atoms with E-state index in [0.717, 1.165) is 17.1 Å². The first kappa shape index (κ1) is 23.7. The molecule has 0 saturated carbocycles. The van der Waals surface area contributed by atoms with Crippen molar-refractivity contribution in [2.45, 2.75) is 33.3 Å². The third-order valence-electron chi connectivity index (χ3n) is 5.25. The Morgan fingerprint density at radius 2 is 2.12 bits per heavy atom. The Hall–Kier alpha value is -2.94. The minimum atomic E-state index is -0.302. The van der Waals surface area contributed by atoms with Gasteiger partial charge in [-0.25, -0.2) is 4.98 Å². The molecule has 0 spiro atoms. The van der Waals surface area contributed by atoms with Crippen molar-refractivity contribution >= 4 is 29.1 Å². The van der Waals surface area contributed by atoms with Crippen LogP contribution in [0.1, 0.15) is 40.8 Å². The molecule has 0 bridgehead atoms. The molecule has 9 heteroatoms. The third-order valence-corrected chi connectivity index (χ3v) is 6.07. The SMILES string of the molecule is CCOC(=O)C1CCCN(C(=O)CN(C)C(=O)c2cccc(OCc3csc(C)n3)c2)C1. The van der Waals surface area contributed by atoms with Gasteiger partial charge in [-0.05, 0) is 44.9 Å². The quantitative estimate of drug-likeness (QED) is 0.564. The molecule has 1 aromatic carbocycles. The van der Waals surface area contributed by atoms with E-state index < -0.39 is 0 Å². The summed E-state index contributed by atoms with van der Waals surface area (Å²) >= 11 is 1.56. The Morgan fingerprint density at radius 3 is 2.84 bits per heavy atom. The highest BCUT2D eigenvalue weighted by Crippen LogP contribution is 2.20. The summed E-state index contributed by atoms with van der Waals surface area (Å²) in [5, 5.41) is 2.91. The highest BCUT2D eigenvalue weighted by atomic mass is 32.1. The second-order valence-electron chi connectivity index (χ2n) is 7.77. The first-order valence-corrected chi connectivity index (χ1v) is 11.6. The molecular formula is C23H29N3O5S. The Labute approximate surface area is 192 Å². The number of esters is 1. The van der Waals surface area contributed by atoms with Gasteiger partial charge in [-0.1, -0.05) is 6.07 Å². The Balaban J connectivity index is 1.55. The molecule has 1 aliphatic rings. The van der Waals surface area contributed by atoms with E-state index in [2.05, 4.69) is 4.98 Å². The molecular weight excluding hydrogens is 430 g/mol. The largest absolute Gasteiger partial charge is 0.487 e. The number of piperidine rings is 1. The lowest BCUT2D eigenvalue weighted by Crippen LogP contribution is -2.47. The monoisotopic (exact) mass is 459 g/mol. The van der Waals surface area contributed by atoms with Gasteiger partial charge in [0.2, 0.25) is 5.91 Å². The number of thiazole rings is 1. The van der Waals surface area contributed by atoms with Gasteiger partial charge in [0.25, 0.3) is 5.91 Å². The fraction of sp³-hybridized carbons (Fsp3) is 0.478. The van der Waals surface area contributed by atoms with Gasteiger partial charge in [0.15, 0.2) is 0 Å². The van der Waals surface area contributed by atoms with Crippen LogP contribution >= 0.6 is 11.3 Å². The van der Waals surface area contributed by atoms with Crippen LogP contribution in [0, 0.1) is 12.8 Å². The molecule has 1 aliphatic heterocycles. The summed E-state index contributed by atoms with van der Waals surface area (Å²) in [4.78, 5) is 45.0. The number of ether oxygens (including phenoxy) is 2. The predicted molar refractivity (Wildman–Crippen MR) is 121 cm³/mol. The molecule has 32 heavy (non-hydrogen) atoms. The zero-order valence-electron chi connectivity index (χ0n) is 18.7. The summed E-state index contributed by atoms with van der Waals surface area (Å²) in [7, 11) is 1.60. The molecule has 1 fully saturated rings. The van der Waals surface area contributed by atoms with Crippen LogP contribution in [-0.2, 0) is 20.9 Å². The summed E-state index contributed by atoms with van der Waals surface area (Å²) in [6, 6.07) is 6.89. The van der Waals surface area contributed by atoms with Crippen LogP contribution in [0.4, 0.5) is 0 Å². The predicted octanol–water partition coefficient (Wildman–Crippen LogP) is 2.90. The lowest BCUT2D eigenvalue weighted by Gasteiger charge is -2.32. The molecule has 1 unspecified atom stereocenters. The zero-order chi connectivity index (χ0) is 23.1. The van der Waals surface area contributed by atoms with E-state index in [1.807, 2.05) is 12.3 Å². The van der Waals surface area contributed by atoms with Crippen LogP contribution < -0.4 is 4.74 Å². The lowest BCUT2D eigenvalue weighted by atomic mass is 9.98. The summed E-state index contributed by atoms with van der Waals surface area (Å²) < 4.78 is 10.9. The number of likely N-dealkylation sites (tertiary alicyclic amines) is 1. The molecule has 0 radical (unpaired) electrons. The van der Waals surface area contributed by atoms with Crippen molar-refractivity contribution in [3.63, 3.8) is 0 Å². The van der Waals surface area contributed by atoms with Crippen molar-refractivity contribution < 1.29 is 23.9 Å². The molecule has 3 rings (SSSR count). The normalized spacial score (nSPS) is 15.8. The Bertz CT molecular complexity index is 961. The molecule has 1 atom stereocenters. The van der Waals surface area contributed by atoms with E-state index in [1.54, 1.807) is 54.5 Å². The number of nitrogens with zero attached hydrogens (tertiary/aromatic N) is 3. The fourth-order valence-electron chi connectivity index (χ4n) is 3.60. The van der Waals surface area contributed by atoms with Crippen LogP contribution in [-0.4, -0.2) is 65.9 Å². The minimum absolute atomic E-state index is 0.0580. The Kier molecular flexibility index (Phi) is 8.21. The first-order chi connectivity index (χ1) is 15.4. The van der Waals surface area contributed by atoms with Gasteiger partial charge < -0.3 is 19.3 Å². The van der Waals surface area contributed by atoms with Crippen molar-refractivity contribution in [3.05, 3.63) is 45.9 Å². The van der Waals surface area contributed by atoms with Crippen molar-refractivity contribution in [2.75, 3.05) is 33.3 Å². The van der Waals surface area contributed by atoms with E-state index >= 15 is 0 Å². The number of aryl methyl sites for hydroxylation is 1.